The Kier molecular flexibility index (Phi) is 5.28. The molecule has 0 saturated carbocycles. The van der Waals surface area contributed by atoms with Crippen LogP contribution in [0.3, 0.4) is 0 Å². The molecule has 0 heterocycles. The Morgan fingerprint density at radius 1 is 1.33 bits per heavy atom. The maximum atomic E-state index is 13.9. The molecule has 0 aliphatic heterocycles. The monoisotopic (exact) mass is 252 g/mol. The first-order chi connectivity index (χ1) is 8.54. The van der Waals surface area contributed by atoms with E-state index in [1.54, 1.807) is 6.07 Å². The summed E-state index contributed by atoms with van der Waals surface area (Å²) in [4.78, 5) is 13.3. The molecule has 0 aliphatic rings. The summed E-state index contributed by atoms with van der Waals surface area (Å²) in [6.07, 6.45) is 0.792. The van der Waals surface area contributed by atoms with E-state index in [4.69, 9.17) is 5.73 Å². The van der Waals surface area contributed by atoms with Crippen LogP contribution in [0.5, 0.6) is 0 Å². The third-order valence-corrected chi connectivity index (χ3v) is 3.28. The molecule has 0 aliphatic carbocycles. The summed E-state index contributed by atoms with van der Waals surface area (Å²) in [6, 6.07) is 4.31. The summed E-state index contributed by atoms with van der Waals surface area (Å²) in [5.41, 5.74) is 6.15. The average molecular weight is 252 g/mol. The molecule has 1 amide bonds. The van der Waals surface area contributed by atoms with Gasteiger partial charge in [-0.2, -0.15) is 0 Å². The van der Waals surface area contributed by atoms with Gasteiger partial charge in [0.25, 0.3) is 0 Å². The van der Waals surface area contributed by atoms with Crippen molar-refractivity contribution in [1.82, 2.24) is 4.90 Å². The van der Waals surface area contributed by atoms with Crippen LogP contribution in [0.4, 0.5) is 4.39 Å². The highest BCUT2D eigenvalue weighted by molar-refractivity contribution is 5.92. The fourth-order valence-electron chi connectivity index (χ4n) is 2.29. The first-order valence-electron chi connectivity index (χ1n) is 6.38. The number of primary amides is 1. The molecule has 0 bridgehead atoms. The predicted molar refractivity (Wildman–Crippen MR) is 70.9 cm³/mol. The molecule has 0 fully saturated rings. The minimum atomic E-state index is -0.523. The number of nitrogens with zero attached hydrogens (tertiary/aromatic N) is 1. The van der Waals surface area contributed by atoms with Gasteiger partial charge in [-0.1, -0.05) is 20.8 Å². The topological polar surface area (TPSA) is 46.3 Å². The van der Waals surface area contributed by atoms with E-state index in [9.17, 15) is 9.18 Å². The first-order valence-corrected chi connectivity index (χ1v) is 6.38. The molecule has 1 rings (SSSR count). The summed E-state index contributed by atoms with van der Waals surface area (Å²) in [5.74, 6) is -0.801. The van der Waals surface area contributed by atoms with Crippen LogP contribution in [-0.2, 0) is 0 Å². The second-order valence-corrected chi connectivity index (χ2v) is 4.25. The number of hydrogen-bond donors (Lipinski definition) is 1. The van der Waals surface area contributed by atoms with Gasteiger partial charge in [0.15, 0.2) is 0 Å². The molecule has 0 saturated heterocycles. The highest BCUT2D eigenvalue weighted by atomic mass is 19.1. The van der Waals surface area contributed by atoms with Crippen LogP contribution in [-0.4, -0.2) is 23.9 Å². The van der Waals surface area contributed by atoms with Crippen molar-refractivity contribution in [2.45, 2.75) is 33.2 Å². The van der Waals surface area contributed by atoms with Crippen molar-refractivity contribution < 1.29 is 9.18 Å². The van der Waals surface area contributed by atoms with Crippen molar-refractivity contribution in [3.63, 3.8) is 0 Å². The minimum Gasteiger partial charge on any atom is -0.366 e. The summed E-state index contributed by atoms with van der Waals surface area (Å²) >= 11 is 0. The molecule has 1 aromatic carbocycles. The van der Waals surface area contributed by atoms with Gasteiger partial charge in [-0.25, -0.2) is 4.39 Å². The number of rotatable bonds is 6. The Morgan fingerprint density at radius 2 is 1.94 bits per heavy atom. The summed E-state index contributed by atoms with van der Waals surface area (Å²) in [7, 11) is 0. The first kappa shape index (κ1) is 14.6. The minimum absolute atomic E-state index is 0.0145. The van der Waals surface area contributed by atoms with Crippen LogP contribution in [0.15, 0.2) is 18.2 Å². The van der Waals surface area contributed by atoms with Gasteiger partial charge in [0.1, 0.15) is 5.82 Å². The standard InChI is InChI=1S/C14H21FN2O/c1-4-13(17(5-2)6-3)11-9-10(14(16)18)7-8-12(11)15/h7-9,13H,4-6H2,1-3H3,(H2,16,18). The zero-order valence-electron chi connectivity index (χ0n) is 11.2. The number of amides is 1. The molecule has 3 nitrogen and oxygen atoms in total. The second kappa shape index (κ2) is 6.50. The van der Waals surface area contributed by atoms with Crippen molar-refractivity contribution in [2.24, 2.45) is 5.73 Å². The molecule has 1 unspecified atom stereocenters. The van der Waals surface area contributed by atoms with Crippen molar-refractivity contribution in [2.75, 3.05) is 13.1 Å². The van der Waals surface area contributed by atoms with Crippen molar-refractivity contribution >= 4 is 5.91 Å². The zero-order valence-corrected chi connectivity index (χ0v) is 11.2. The van der Waals surface area contributed by atoms with Crippen LogP contribution in [0.2, 0.25) is 0 Å². The number of hydrogen-bond acceptors (Lipinski definition) is 2. The number of carbonyl (C=O) groups excluding carboxylic acids is 1. The Hall–Kier alpha value is -1.42. The fraction of sp³-hybridized carbons (Fsp3) is 0.500. The molecule has 0 radical (unpaired) electrons. The molecule has 1 aromatic rings. The number of nitrogens with two attached hydrogens (primary N) is 1. The van der Waals surface area contributed by atoms with Gasteiger partial charge in [-0.05, 0) is 37.7 Å². The molecule has 0 spiro atoms. The Balaban J connectivity index is 3.19. The van der Waals surface area contributed by atoms with E-state index in [2.05, 4.69) is 4.90 Å². The SMILES string of the molecule is CCC(c1cc(C(N)=O)ccc1F)N(CC)CC. The normalized spacial score (nSPS) is 12.7. The molecule has 2 N–H and O–H groups in total. The third kappa shape index (κ3) is 3.07. The third-order valence-electron chi connectivity index (χ3n) is 3.28. The molecular weight excluding hydrogens is 231 g/mol. The van der Waals surface area contributed by atoms with Crippen molar-refractivity contribution in [3.8, 4) is 0 Å². The van der Waals surface area contributed by atoms with Crippen LogP contribution in [0.25, 0.3) is 0 Å². The quantitative estimate of drug-likeness (QED) is 0.846. The van der Waals surface area contributed by atoms with E-state index in [0.29, 0.717) is 11.1 Å². The van der Waals surface area contributed by atoms with E-state index in [-0.39, 0.29) is 11.9 Å². The maximum absolute atomic E-state index is 13.9. The lowest BCUT2D eigenvalue weighted by atomic mass is 9.99. The van der Waals surface area contributed by atoms with Crippen LogP contribution < -0.4 is 5.73 Å². The molecule has 0 aromatic heterocycles. The van der Waals surface area contributed by atoms with Gasteiger partial charge in [0.2, 0.25) is 5.91 Å². The molecular formula is C14H21FN2O. The van der Waals surface area contributed by atoms with Gasteiger partial charge >= 0.3 is 0 Å². The lowest BCUT2D eigenvalue weighted by Gasteiger charge is -2.29. The van der Waals surface area contributed by atoms with Crippen LogP contribution >= 0.6 is 0 Å². The van der Waals surface area contributed by atoms with Gasteiger partial charge in [0, 0.05) is 17.2 Å². The molecule has 100 valence electrons. The highest BCUT2D eigenvalue weighted by Gasteiger charge is 2.20. The van der Waals surface area contributed by atoms with E-state index in [0.717, 1.165) is 19.5 Å². The van der Waals surface area contributed by atoms with E-state index in [1.807, 2.05) is 20.8 Å². The largest absolute Gasteiger partial charge is 0.366 e. The van der Waals surface area contributed by atoms with Crippen LogP contribution in [0.1, 0.15) is 49.2 Å². The van der Waals surface area contributed by atoms with E-state index < -0.39 is 5.91 Å². The summed E-state index contributed by atoms with van der Waals surface area (Å²) < 4.78 is 13.9. The number of benzene rings is 1. The zero-order chi connectivity index (χ0) is 13.7. The van der Waals surface area contributed by atoms with Gasteiger partial charge in [-0.15, -0.1) is 0 Å². The molecule has 1 atom stereocenters. The average Bonchev–Trinajstić information content (AvgIpc) is 2.36. The summed E-state index contributed by atoms with van der Waals surface area (Å²) in [6.45, 7) is 7.79. The van der Waals surface area contributed by atoms with Gasteiger partial charge in [0.05, 0.1) is 0 Å². The van der Waals surface area contributed by atoms with Crippen molar-refractivity contribution in [3.05, 3.63) is 35.1 Å². The lowest BCUT2D eigenvalue weighted by molar-refractivity contribution is 0.1000. The van der Waals surface area contributed by atoms with E-state index in [1.165, 1.54) is 12.1 Å². The Bertz CT molecular complexity index is 416. The van der Waals surface area contributed by atoms with E-state index >= 15 is 0 Å². The molecule has 4 heteroatoms. The predicted octanol–water partition coefficient (Wildman–Crippen LogP) is 2.72. The van der Waals surface area contributed by atoms with Crippen molar-refractivity contribution in [1.29, 1.82) is 0 Å². The Labute approximate surface area is 108 Å². The highest BCUT2D eigenvalue weighted by Crippen LogP contribution is 2.27. The van der Waals surface area contributed by atoms with Crippen LogP contribution in [0, 0.1) is 5.82 Å². The summed E-state index contributed by atoms with van der Waals surface area (Å²) in [5, 5.41) is 0. The smallest absolute Gasteiger partial charge is 0.248 e. The van der Waals surface area contributed by atoms with Gasteiger partial charge in [-0.3, -0.25) is 9.69 Å². The maximum Gasteiger partial charge on any atom is 0.248 e. The fourth-order valence-corrected chi connectivity index (χ4v) is 2.29. The van der Waals surface area contributed by atoms with Gasteiger partial charge < -0.3 is 5.73 Å². The lowest BCUT2D eigenvalue weighted by Crippen LogP contribution is -2.29. The second-order valence-electron chi connectivity index (χ2n) is 4.25. The Morgan fingerprint density at radius 3 is 2.39 bits per heavy atom. The number of halogens is 1. The number of carbonyl (C=O) groups is 1. The molecule has 18 heavy (non-hydrogen) atoms.